The minimum atomic E-state index is -4.52. The Morgan fingerprint density at radius 3 is 1.82 bits per heavy atom. The van der Waals surface area contributed by atoms with E-state index in [1.807, 2.05) is 0 Å². The molecule has 0 atom stereocenters. The van der Waals surface area contributed by atoms with Crippen LogP contribution in [-0.2, 0) is 25.9 Å². The van der Waals surface area contributed by atoms with E-state index in [0.29, 0.717) is 16.7 Å². The van der Waals surface area contributed by atoms with Crippen molar-refractivity contribution in [3.8, 4) is 16.9 Å². The van der Waals surface area contributed by atoms with Crippen molar-refractivity contribution >= 4 is 47.0 Å². The van der Waals surface area contributed by atoms with E-state index in [0.717, 1.165) is 12.1 Å². The molecule has 0 aliphatic rings. The monoisotopic (exact) mass is 714 g/mol. The summed E-state index contributed by atoms with van der Waals surface area (Å²) < 4.78 is 50.1. The lowest BCUT2D eigenvalue weighted by atomic mass is 9.75. The van der Waals surface area contributed by atoms with Crippen molar-refractivity contribution in [1.82, 2.24) is 10.6 Å². The van der Waals surface area contributed by atoms with E-state index in [4.69, 9.17) is 32.7 Å². The SMILES string of the molecule is CCNC(=O)C(CCOC(=O)c1cc(Cl)c(OC(=O)c2ccccc2-c2ccc(C(F)(F)F)cc2)c(Cl)c1)(C(=O)NCC)c1ccccc1. The first-order valence-electron chi connectivity index (χ1n) is 15.1. The van der Waals surface area contributed by atoms with Crippen LogP contribution in [0.1, 0.15) is 52.1 Å². The highest BCUT2D eigenvalue weighted by molar-refractivity contribution is 6.38. The molecule has 13 heteroatoms. The summed E-state index contributed by atoms with van der Waals surface area (Å²) >= 11 is 12.8. The number of halogens is 5. The fraction of sp³-hybridized carbons (Fsp3) is 0.222. The zero-order valence-corrected chi connectivity index (χ0v) is 27.8. The lowest BCUT2D eigenvalue weighted by Crippen LogP contribution is -2.55. The van der Waals surface area contributed by atoms with Gasteiger partial charge in [0.15, 0.2) is 11.2 Å². The first-order valence-corrected chi connectivity index (χ1v) is 15.9. The molecule has 0 heterocycles. The van der Waals surface area contributed by atoms with E-state index in [2.05, 4.69) is 10.6 Å². The van der Waals surface area contributed by atoms with Gasteiger partial charge in [0.05, 0.1) is 33.3 Å². The second-order valence-corrected chi connectivity index (χ2v) is 11.5. The third kappa shape index (κ3) is 8.41. The molecule has 49 heavy (non-hydrogen) atoms. The lowest BCUT2D eigenvalue weighted by Gasteiger charge is -2.31. The summed E-state index contributed by atoms with van der Waals surface area (Å²) in [6.45, 7) is 3.63. The molecule has 8 nitrogen and oxygen atoms in total. The Balaban J connectivity index is 1.52. The molecule has 4 aromatic rings. The van der Waals surface area contributed by atoms with Crippen molar-refractivity contribution in [2.24, 2.45) is 0 Å². The number of benzene rings is 4. The Bertz CT molecular complexity index is 1790. The molecule has 2 amide bonds. The molecule has 0 fully saturated rings. The molecule has 0 bridgehead atoms. The van der Waals surface area contributed by atoms with Crippen molar-refractivity contribution in [2.45, 2.75) is 31.9 Å². The summed E-state index contributed by atoms with van der Waals surface area (Å²) in [6.07, 6.45) is -4.71. The maximum Gasteiger partial charge on any atom is 0.416 e. The molecule has 4 aromatic carbocycles. The van der Waals surface area contributed by atoms with Gasteiger partial charge in [-0.3, -0.25) is 9.59 Å². The van der Waals surface area contributed by atoms with Crippen LogP contribution >= 0.6 is 23.2 Å². The maximum atomic E-state index is 13.4. The molecule has 0 aromatic heterocycles. The van der Waals surface area contributed by atoms with Crippen LogP contribution in [0.3, 0.4) is 0 Å². The maximum absolute atomic E-state index is 13.4. The molecule has 0 spiro atoms. The zero-order chi connectivity index (χ0) is 35.8. The molecular weight excluding hydrogens is 684 g/mol. The largest absolute Gasteiger partial charge is 0.462 e. The number of carbonyl (C=O) groups excluding carboxylic acids is 4. The standard InChI is InChI=1S/C36H31Cl2F3N2O6/c1-3-42-33(46)35(34(47)43-4-2,24-10-6-5-7-11-24)18-19-48-31(44)23-20-28(37)30(29(38)21-23)49-32(45)27-13-9-8-12-26(27)22-14-16-25(17-15-22)36(39,40)41/h5-17,20-21H,3-4,18-19H2,1-2H3,(H,42,46)(H,43,47). The van der Waals surface area contributed by atoms with Crippen molar-refractivity contribution in [1.29, 1.82) is 0 Å². The highest BCUT2D eigenvalue weighted by Gasteiger charge is 2.47. The zero-order valence-electron chi connectivity index (χ0n) is 26.3. The average molecular weight is 716 g/mol. The Labute approximate surface area is 290 Å². The molecule has 0 saturated heterocycles. The summed E-state index contributed by atoms with van der Waals surface area (Å²) in [5.74, 6) is -3.14. The fourth-order valence-electron chi connectivity index (χ4n) is 5.14. The summed E-state index contributed by atoms with van der Waals surface area (Å²) in [7, 11) is 0. The van der Waals surface area contributed by atoms with Crippen LogP contribution in [-0.4, -0.2) is 43.4 Å². The predicted molar refractivity (Wildman–Crippen MR) is 179 cm³/mol. The summed E-state index contributed by atoms with van der Waals surface area (Å²) in [6, 6.07) is 21.2. The Hall–Kier alpha value is -4.87. The van der Waals surface area contributed by atoms with Crippen LogP contribution in [0, 0.1) is 0 Å². The number of likely N-dealkylation sites (N-methyl/N-ethyl adjacent to an activating group) is 2. The fourth-order valence-corrected chi connectivity index (χ4v) is 5.70. The van der Waals surface area contributed by atoms with Crippen molar-refractivity contribution in [3.05, 3.63) is 123 Å². The van der Waals surface area contributed by atoms with Gasteiger partial charge in [0, 0.05) is 19.5 Å². The van der Waals surface area contributed by atoms with E-state index in [1.165, 1.54) is 30.3 Å². The van der Waals surface area contributed by atoms with Gasteiger partial charge in [-0.2, -0.15) is 13.2 Å². The van der Waals surface area contributed by atoms with E-state index in [9.17, 15) is 32.3 Å². The Morgan fingerprint density at radius 1 is 0.714 bits per heavy atom. The van der Waals surface area contributed by atoms with Crippen molar-refractivity contribution in [2.75, 3.05) is 19.7 Å². The average Bonchev–Trinajstić information content (AvgIpc) is 3.08. The highest BCUT2D eigenvalue weighted by atomic mass is 35.5. The van der Waals surface area contributed by atoms with Crippen LogP contribution < -0.4 is 15.4 Å². The summed E-state index contributed by atoms with van der Waals surface area (Å²) in [5.41, 5.74) is -1.54. The number of nitrogens with one attached hydrogen (secondary N) is 2. The van der Waals surface area contributed by atoms with E-state index < -0.39 is 40.9 Å². The van der Waals surface area contributed by atoms with Gasteiger partial charge >= 0.3 is 18.1 Å². The van der Waals surface area contributed by atoms with Crippen LogP contribution in [0.15, 0.2) is 91.0 Å². The number of rotatable bonds is 12. The van der Waals surface area contributed by atoms with E-state index in [-0.39, 0.29) is 53.0 Å². The molecular formula is C36H31Cl2F3N2O6. The Kier molecular flexibility index (Phi) is 12.1. The highest BCUT2D eigenvalue weighted by Crippen LogP contribution is 2.37. The molecule has 0 aliphatic heterocycles. The van der Waals surface area contributed by atoms with Gasteiger partial charge in [-0.25, -0.2) is 9.59 Å². The molecule has 0 unspecified atom stereocenters. The smallest absolute Gasteiger partial charge is 0.416 e. The van der Waals surface area contributed by atoms with Gasteiger partial charge in [-0.05, 0) is 60.9 Å². The van der Waals surface area contributed by atoms with Crippen molar-refractivity contribution in [3.63, 3.8) is 0 Å². The minimum Gasteiger partial charge on any atom is -0.462 e. The molecule has 256 valence electrons. The van der Waals surface area contributed by atoms with Gasteiger partial charge in [0.1, 0.15) is 0 Å². The van der Waals surface area contributed by atoms with E-state index >= 15 is 0 Å². The topological polar surface area (TPSA) is 111 Å². The van der Waals surface area contributed by atoms with Crippen molar-refractivity contribution < 1.29 is 41.8 Å². The third-order valence-corrected chi connectivity index (χ3v) is 8.09. The van der Waals surface area contributed by atoms with Crippen LogP contribution in [0.2, 0.25) is 10.0 Å². The van der Waals surface area contributed by atoms with Gasteiger partial charge in [-0.15, -0.1) is 0 Å². The summed E-state index contributed by atoms with van der Waals surface area (Å²) in [4.78, 5) is 53.1. The van der Waals surface area contributed by atoms with Gasteiger partial charge in [-0.1, -0.05) is 83.9 Å². The number of carbonyl (C=O) groups is 4. The van der Waals surface area contributed by atoms with Crippen LogP contribution in [0.25, 0.3) is 11.1 Å². The predicted octanol–water partition coefficient (Wildman–Crippen LogP) is 7.66. The third-order valence-electron chi connectivity index (χ3n) is 7.53. The quantitative estimate of drug-likeness (QED) is 0.0886. The van der Waals surface area contributed by atoms with Gasteiger partial charge in [0.25, 0.3) is 0 Å². The lowest BCUT2D eigenvalue weighted by molar-refractivity contribution is -0.139. The number of hydrogen-bond donors (Lipinski definition) is 2. The van der Waals surface area contributed by atoms with E-state index in [1.54, 1.807) is 62.4 Å². The van der Waals surface area contributed by atoms with Gasteiger partial charge in [0.2, 0.25) is 11.8 Å². The Morgan fingerprint density at radius 2 is 1.27 bits per heavy atom. The molecule has 2 N–H and O–H groups in total. The number of esters is 2. The normalized spacial score (nSPS) is 11.4. The number of amides is 2. The summed E-state index contributed by atoms with van der Waals surface area (Å²) in [5, 5.41) is 5.00. The molecule has 0 radical (unpaired) electrons. The van der Waals surface area contributed by atoms with Crippen LogP contribution in [0.4, 0.5) is 13.2 Å². The number of alkyl halides is 3. The minimum absolute atomic E-state index is 0.0268. The first-order chi connectivity index (χ1) is 23.3. The van der Waals surface area contributed by atoms with Gasteiger partial charge < -0.3 is 20.1 Å². The second kappa shape index (κ2) is 16.0. The first kappa shape index (κ1) is 37.0. The van der Waals surface area contributed by atoms with Crippen LogP contribution in [0.5, 0.6) is 5.75 Å². The molecule has 4 rings (SSSR count). The number of hydrogen-bond acceptors (Lipinski definition) is 6. The second-order valence-electron chi connectivity index (χ2n) is 10.7. The molecule has 0 saturated carbocycles. The molecule has 0 aliphatic carbocycles. The number of ether oxygens (including phenoxy) is 2.